The van der Waals surface area contributed by atoms with E-state index < -0.39 is 11.9 Å². The third-order valence-corrected chi connectivity index (χ3v) is 7.61. The third kappa shape index (κ3) is 9.93. The molecule has 0 spiro atoms. The minimum absolute atomic E-state index is 0.00940. The molecule has 230 valence electrons. The number of rotatable bonds is 13. The number of carbonyl (C=O) groups excluding carboxylic acids is 1. The maximum absolute atomic E-state index is 12.3. The monoisotopic (exact) mass is 588 g/mol. The summed E-state index contributed by atoms with van der Waals surface area (Å²) in [5.41, 5.74) is 3.63. The van der Waals surface area contributed by atoms with Gasteiger partial charge in [-0.2, -0.15) is 0 Å². The Bertz CT molecular complexity index is 1410. The largest absolute Gasteiger partial charge is 0.508 e. The Labute approximate surface area is 255 Å². The molecule has 0 radical (unpaired) electrons. The number of benzene rings is 2. The van der Waals surface area contributed by atoms with Crippen LogP contribution in [0.15, 0.2) is 83.7 Å². The highest BCUT2D eigenvalue weighted by atomic mass is 16.5. The van der Waals surface area contributed by atoms with Crippen molar-refractivity contribution in [2.24, 2.45) is 11.8 Å². The normalized spacial score (nSPS) is 19.7. The number of aromatic hydroxyl groups is 1. The van der Waals surface area contributed by atoms with Crippen molar-refractivity contribution in [1.82, 2.24) is 0 Å². The molecule has 0 amide bonds. The van der Waals surface area contributed by atoms with Crippen molar-refractivity contribution in [2.75, 3.05) is 14.2 Å². The van der Waals surface area contributed by atoms with Crippen LogP contribution in [0, 0.1) is 11.8 Å². The number of hydrogen-bond donors (Lipinski definition) is 3. The molecule has 1 aliphatic carbocycles. The minimum atomic E-state index is -0.468. The molecule has 4 atom stereocenters. The third-order valence-electron chi connectivity index (χ3n) is 7.61. The van der Waals surface area contributed by atoms with Gasteiger partial charge in [0.25, 0.3) is 0 Å². The quantitative estimate of drug-likeness (QED) is 0.0957. The lowest BCUT2D eigenvalue weighted by Gasteiger charge is -2.36. The predicted octanol–water partition coefficient (Wildman–Crippen LogP) is 7.60. The molecule has 3 N–H and O–H groups in total. The molecular weight excluding hydrogens is 544 g/mol. The Kier molecular flexibility index (Phi) is 12.3. The van der Waals surface area contributed by atoms with Gasteiger partial charge in [-0.25, -0.2) is 0 Å². The van der Waals surface area contributed by atoms with Crippen LogP contribution in [-0.2, 0) is 4.79 Å². The average molecular weight is 589 g/mol. The van der Waals surface area contributed by atoms with Crippen LogP contribution in [0.1, 0.15) is 58.1 Å². The summed E-state index contributed by atoms with van der Waals surface area (Å²) in [6, 6.07) is 10.2. The first-order chi connectivity index (χ1) is 20.5. The maximum Gasteiger partial charge on any atom is 0.182 e. The average Bonchev–Trinajstić information content (AvgIpc) is 2.97. The molecule has 0 bridgehead atoms. The Morgan fingerprint density at radius 1 is 1.00 bits per heavy atom. The molecule has 0 heterocycles. The van der Waals surface area contributed by atoms with E-state index in [-0.39, 0.29) is 23.5 Å². The Hall–Kier alpha value is -4.23. The minimum Gasteiger partial charge on any atom is -0.508 e. The van der Waals surface area contributed by atoms with Crippen molar-refractivity contribution >= 4 is 17.9 Å². The number of methoxy groups -OCH3 is 2. The van der Waals surface area contributed by atoms with E-state index in [1.807, 2.05) is 25.1 Å². The summed E-state index contributed by atoms with van der Waals surface area (Å²) < 4.78 is 17.2. The lowest BCUT2D eigenvalue weighted by molar-refractivity contribution is -0.110. The number of phenolic OH excluding ortho intramolecular Hbond substituents is 1. The van der Waals surface area contributed by atoms with Gasteiger partial charge in [0.2, 0.25) is 0 Å². The number of carbonyl (C=O) groups is 1. The van der Waals surface area contributed by atoms with Gasteiger partial charge in [-0.3, -0.25) is 4.79 Å². The summed E-state index contributed by atoms with van der Waals surface area (Å²) in [6.45, 7) is 8.36. The lowest BCUT2D eigenvalue weighted by atomic mass is 9.76. The van der Waals surface area contributed by atoms with Crippen LogP contribution in [0.5, 0.6) is 23.0 Å². The van der Waals surface area contributed by atoms with E-state index in [9.17, 15) is 20.1 Å². The van der Waals surface area contributed by atoms with Crippen LogP contribution in [0.2, 0.25) is 0 Å². The fourth-order valence-corrected chi connectivity index (χ4v) is 5.03. The number of aliphatic hydroxyl groups excluding tert-OH is 2. The highest BCUT2D eigenvalue weighted by molar-refractivity contribution is 6.02. The van der Waals surface area contributed by atoms with Crippen LogP contribution >= 0.6 is 0 Å². The van der Waals surface area contributed by atoms with Gasteiger partial charge in [0.15, 0.2) is 28.8 Å². The Morgan fingerprint density at radius 2 is 1.65 bits per heavy atom. The summed E-state index contributed by atoms with van der Waals surface area (Å²) in [5.74, 6) is 1.35. The van der Waals surface area contributed by atoms with Crippen molar-refractivity contribution in [3.8, 4) is 23.0 Å². The van der Waals surface area contributed by atoms with Crippen molar-refractivity contribution in [1.29, 1.82) is 0 Å². The van der Waals surface area contributed by atoms with Crippen LogP contribution < -0.4 is 14.2 Å². The van der Waals surface area contributed by atoms with Gasteiger partial charge in [0.1, 0.15) is 11.9 Å². The summed E-state index contributed by atoms with van der Waals surface area (Å²) in [4.78, 5) is 12.3. The van der Waals surface area contributed by atoms with Crippen molar-refractivity contribution in [3.05, 3.63) is 94.8 Å². The van der Waals surface area contributed by atoms with E-state index in [2.05, 4.69) is 26.8 Å². The first-order valence-electron chi connectivity index (χ1n) is 14.5. The molecule has 7 nitrogen and oxygen atoms in total. The first-order valence-corrected chi connectivity index (χ1v) is 14.5. The summed E-state index contributed by atoms with van der Waals surface area (Å²) >= 11 is 0. The molecule has 0 aliphatic heterocycles. The van der Waals surface area contributed by atoms with Crippen LogP contribution in [-0.4, -0.2) is 47.5 Å². The first kappa shape index (κ1) is 33.3. The van der Waals surface area contributed by atoms with E-state index in [4.69, 9.17) is 14.2 Å². The number of aliphatic hydroxyl groups is 2. The van der Waals surface area contributed by atoms with Gasteiger partial charge in [0.05, 0.1) is 20.3 Å². The second kappa shape index (κ2) is 15.8. The number of ether oxygens (including phenoxy) is 3. The highest BCUT2D eigenvalue weighted by Crippen LogP contribution is 2.37. The maximum atomic E-state index is 12.3. The van der Waals surface area contributed by atoms with E-state index in [0.29, 0.717) is 35.2 Å². The fourth-order valence-electron chi connectivity index (χ4n) is 5.03. The zero-order valence-electron chi connectivity index (χ0n) is 25.9. The Balaban J connectivity index is 1.70. The smallest absolute Gasteiger partial charge is 0.182 e. The van der Waals surface area contributed by atoms with Crippen molar-refractivity contribution < 1.29 is 34.3 Å². The molecule has 0 unspecified atom stereocenters. The van der Waals surface area contributed by atoms with Crippen LogP contribution in [0.25, 0.3) is 12.2 Å². The standard InChI is InChI=1S/C36H44O7/c1-23(2)8-7-9-24(3)30-22-32(40)25(4)18-34(30)43-33-17-13-27(20-36(33)42-6)11-15-29(38)21-28(37)14-10-26-12-16-31(39)35(19-26)41-5/h8,10-21,24,30,32,34,38-40H,7,9,22H2,1-6H3/b14-10+,15-11+,29-21-/t24-,30+,32-,34+/m0/s1. The molecule has 1 aliphatic rings. The molecule has 43 heavy (non-hydrogen) atoms. The molecule has 3 rings (SSSR count). The van der Waals surface area contributed by atoms with E-state index in [1.165, 1.54) is 30.9 Å². The number of phenols is 1. The second-order valence-corrected chi connectivity index (χ2v) is 11.2. The van der Waals surface area contributed by atoms with Gasteiger partial charge in [0, 0.05) is 12.0 Å². The van der Waals surface area contributed by atoms with Gasteiger partial charge < -0.3 is 29.5 Å². The van der Waals surface area contributed by atoms with Crippen molar-refractivity contribution in [2.45, 2.75) is 59.2 Å². The van der Waals surface area contributed by atoms with Crippen LogP contribution in [0.3, 0.4) is 0 Å². The molecule has 2 aromatic carbocycles. The van der Waals surface area contributed by atoms with Crippen LogP contribution in [0.4, 0.5) is 0 Å². The molecular formula is C36H44O7. The van der Waals surface area contributed by atoms with Gasteiger partial charge >= 0.3 is 0 Å². The summed E-state index contributed by atoms with van der Waals surface area (Å²) in [7, 11) is 3.02. The predicted molar refractivity (Wildman–Crippen MR) is 172 cm³/mol. The molecule has 0 aromatic heterocycles. The SMILES string of the molecule is COc1cc(/C=C/C(=O)/C=C(O)/C=C/c2ccc(O[C@@H]3C=C(C)[C@@H](O)C[C@@H]3[C@@H](C)CCC=C(C)C)c(OC)c2)ccc1O. The molecule has 7 heteroatoms. The van der Waals surface area contributed by atoms with Crippen molar-refractivity contribution in [3.63, 3.8) is 0 Å². The topological polar surface area (TPSA) is 105 Å². The molecule has 0 saturated carbocycles. The highest BCUT2D eigenvalue weighted by Gasteiger charge is 2.34. The second-order valence-electron chi connectivity index (χ2n) is 11.2. The number of ketones is 1. The summed E-state index contributed by atoms with van der Waals surface area (Å²) in [6.07, 6.45) is 13.4. The lowest BCUT2D eigenvalue weighted by Crippen LogP contribution is -2.37. The Morgan fingerprint density at radius 3 is 2.33 bits per heavy atom. The van der Waals surface area contributed by atoms with Gasteiger partial charge in [-0.15, -0.1) is 0 Å². The number of allylic oxidation sites excluding steroid dienone is 5. The van der Waals surface area contributed by atoms with Gasteiger partial charge in [-0.05, 0) is 105 Å². The van der Waals surface area contributed by atoms with E-state index in [1.54, 1.807) is 37.5 Å². The fraction of sp³-hybridized carbons (Fsp3) is 0.361. The molecule has 2 aromatic rings. The molecule has 0 saturated heterocycles. The van der Waals surface area contributed by atoms with Gasteiger partial charge in [-0.1, -0.05) is 42.9 Å². The van der Waals surface area contributed by atoms with E-state index in [0.717, 1.165) is 30.1 Å². The zero-order valence-corrected chi connectivity index (χ0v) is 25.9. The zero-order chi connectivity index (χ0) is 31.5. The molecule has 0 fully saturated rings. The van der Waals surface area contributed by atoms with E-state index >= 15 is 0 Å². The number of hydrogen-bond acceptors (Lipinski definition) is 7. The summed E-state index contributed by atoms with van der Waals surface area (Å²) in [5, 5.41) is 30.6.